The second-order valence-electron chi connectivity index (χ2n) is 5.22. The zero-order valence-electron chi connectivity index (χ0n) is 11.1. The van der Waals surface area contributed by atoms with Crippen LogP contribution in [0.4, 0.5) is 0 Å². The van der Waals surface area contributed by atoms with Gasteiger partial charge < -0.3 is 15.4 Å². The largest absolute Gasteiger partial charge is 0.379 e. The molecule has 5 nitrogen and oxygen atoms in total. The van der Waals surface area contributed by atoms with E-state index in [1.54, 1.807) is 0 Å². The van der Waals surface area contributed by atoms with Gasteiger partial charge in [0.05, 0.1) is 13.2 Å². The predicted molar refractivity (Wildman–Crippen MR) is 70.5 cm³/mol. The van der Waals surface area contributed by atoms with Crippen molar-refractivity contribution in [2.24, 2.45) is 5.92 Å². The molecule has 0 aliphatic carbocycles. The van der Waals surface area contributed by atoms with Gasteiger partial charge in [0, 0.05) is 32.6 Å². The SMILES string of the molecule is O=C(CC1CCCNC1)NCCN1CCOCC1. The molecule has 2 aliphatic rings. The average Bonchev–Trinajstić information content (AvgIpc) is 2.41. The van der Waals surface area contributed by atoms with Crippen molar-refractivity contribution in [3.63, 3.8) is 0 Å². The lowest BCUT2D eigenvalue weighted by Crippen LogP contribution is -2.42. The van der Waals surface area contributed by atoms with E-state index >= 15 is 0 Å². The normalized spacial score (nSPS) is 25.9. The van der Waals surface area contributed by atoms with Crippen molar-refractivity contribution < 1.29 is 9.53 Å². The maximum Gasteiger partial charge on any atom is 0.220 e. The van der Waals surface area contributed by atoms with Gasteiger partial charge in [-0.1, -0.05) is 0 Å². The van der Waals surface area contributed by atoms with E-state index in [9.17, 15) is 4.79 Å². The minimum absolute atomic E-state index is 0.206. The fourth-order valence-electron chi connectivity index (χ4n) is 2.61. The Morgan fingerprint density at radius 3 is 2.94 bits per heavy atom. The maximum atomic E-state index is 11.8. The molecule has 0 saturated carbocycles. The zero-order chi connectivity index (χ0) is 12.6. The van der Waals surface area contributed by atoms with Crippen molar-refractivity contribution in [3.8, 4) is 0 Å². The molecule has 0 radical (unpaired) electrons. The van der Waals surface area contributed by atoms with Crippen molar-refractivity contribution in [2.45, 2.75) is 19.3 Å². The Morgan fingerprint density at radius 2 is 2.22 bits per heavy atom. The quantitative estimate of drug-likeness (QED) is 0.716. The summed E-state index contributed by atoms with van der Waals surface area (Å²) in [6, 6.07) is 0. The summed E-state index contributed by atoms with van der Waals surface area (Å²) >= 11 is 0. The highest BCUT2D eigenvalue weighted by Gasteiger charge is 2.16. The highest BCUT2D eigenvalue weighted by atomic mass is 16.5. The first-order valence-electron chi connectivity index (χ1n) is 7.12. The Bertz CT molecular complexity index is 249. The van der Waals surface area contributed by atoms with E-state index in [0.717, 1.165) is 52.5 Å². The van der Waals surface area contributed by atoms with E-state index in [4.69, 9.17) is 4.74 Å². The Balaban J connectivity index is 1.53. The number of amides is 1. The number of nitrogens with one attached hydrogen (secondary N) is 2. The van der Waals surface area contributed by atoms with E-state index in [-0.39, 0.29) is 5.91 Å². The van der Waals surface area contributed by atoms with Crippen LogP contribution in [0.25, 0.3) is 0 Å². The maximum absolute atomic E-state index is 11.8. The predicted octanol–water partition coefficient (Wildman–Crippen LogP) is -0.175. The molecular weight excluding hydrogens is 230 g/mol. The molecule has 2 rings (SSSR count). The fraction of sp³-hybridized carbons (Fsp3) is 0.923. The summed E-state index contributed by atoms with van der Waals surface area (Å²) in [5.74, 6) is 0.735. The molecule has 0 bridgehead atoms. The van der Waals surface area contributed by atoms with E-state index in [0.29, 0.717) is 12.3 Å². The molecule has 5 heteroatoms. The second-order valence-corrected chi connectivity index (χ2v) is 5.22. The van der Waals surface area contributed by atoms with Crippen molar-refractivity contribution in [1.29, 1.82) is 0 Å². The van der Waals surface area contributed by atoms with E-state index < -0.39 is 0 Å². The van der Waals surface area contributed by atoms with Crippen molar-refractivity contribution in [3.05, 3.63) is 0 Å². The smallest absolute Gasteiger partial charge is 0.220 e. The van der Waals surface area contributed by atoms with E-state index in [1.807, 2.05) is 0 Å². The number of morpholine rings is 1. The minimum atomic E-state index is 0.206. The summed E-state index contributed by atoms with van der Waals surface area (Å²) in [6.07, 6.45) is 3.06. The molecule has 0 aromatic carbocycles. The fourth-order valence-corrected chi connectivity index (χ4v) is 2.61. The van der Waals surface area contributed by atoms with Gasteiger partial charge in [-0.25, -0.2) is 0 Å². The molecule has 1 atom stereocenters. The standard InChI is InChI=1S/C13H25N3O2/c17-13(10-12-2-1-3-14-11-12)15-4-5-16-6-8-18-9-7-16/h12,14H,1-11H2,(H,15,17). The number of hydrogen-bond donors (Lipinski definition) is 2. The lowest BCUT2D eigenvalue weighted by molar-refractivity contribution is -0.122. The van der Waals surface area contributed by atoms with Crippen LogP contribution in [0.5, 0.6) is 0 Å². The molecule has 2 fully saturated rings. The second kappa shape index (κ2) is 7.71. The lowest BCUT2D eigenvalue weighted by Gasteiger charge is -2.26. The molecule has 18 heavy (non-hydrogen) atoms. The average molecular weight is 255 g/mol. The van der Waals surface area contributed by atoms with Crippen LogP contribution in [-0.2, 0) is 9.53 Å². The van der Waals surface area contributed by atoms with Gasteiger partial charge >= 0.3 is 0 Å². The molecule has 2 aliphatic heterocycles. The Morgan fingerprint density at radius 1 is 1.39 bits per heavy atom. The first-order valence-corrected chi connectivity index (χ1v) is 7.12. The molecule has 1 unspecified atom stereocenters. The van der Waals surface area contributed by atoms with Crippen LogP contribution in [0.2, 0.25) is 0 Å². The molecular formula is C13H25N3O2. The van der Waals surface area contributed by atoms with Crippen molar-refractivity contribution in [2.75, 3.05) is 52.5 Å². The summed E-state index contributed by atoms with van der Waals surface area (Å²) in [5.41, 5.74) is 0. The van der Waals surface area contributed by atoms with E-state index in [1.165, 1.54) is 12.8 Å². The number of nitrogens with zero attached hydrogens (tertiary/aromatic N) is 1. The van der Waals surface area contributed by atoms with Crippen LogP contribution in [0.15, 0.2) is 0 Å². The van der Waals surface area contributed by atoms with E-state index in [2.05, 4.69) is 15.5 Å². The third-order valence-electron chi connectivity index (χ3n) is 3.73. The van der Waals surface area contributed by atoms with Gasteiger partial charge in [-0.3, -0.25) is 9.69 Å². The molecule has 2 heterocycles. The van der Waals surface area contributed by atoms with Gasteiger partial charge in [0.15, 0.2) is 0 Å². The van der Waals surface area contributed by atoms with Crippen LogP contribution in [0.1, 0.15) is 19.3 Å². The molecule has 0 aromatic heterocycles. The number of ether oxygens (including phenoxy) is 1. The first-order chi connectivity index (χ1) is 8.84. The molecule has 0 spiro atoms. The van der Waals surface area contributed by atoms with Crippen molar-refractivity contribution in [1.82, 2.24) is 15.5 Å². The summed E-state index contributed by atoms with van der Waals surface area (Å²) < 4.78 is 5.29. The molecule has 0 aromatic rings. The molecule has 2 saturated heterocycles. The zero-order valence-corrected chi connectivity index (χ0v) is 11.1. The Hall–Kier alpha value is -0.650. The molecule has 2 N–H and O–H groups in total. The van der Waals surface area contributed by atoms with Gasteiger partial charge in [0.1, 0.15) is 0 Å². The van der Waals surface area contributed by atoms with Gasteiger partial charge in [0.25, 0.3) is 0 Å². The summed E-state index contributed by atoms with van der Waals surface area (Å²) in [5, 5.41) is 6.37. The monoisotopic (exact) mass is 255 g/mol. The third-order valence-corrected chi connectivity index (χ3v) is 3.73. The third kappa shape index (κ3) is 4.92. The van der Waals surface area contributed by atoms with Gasteiger partial charge in [-0.05, 0) is 31.8 Å². The molecule has 1 amide bonds. The van der Waals surface area contributed by atoms with Gasteiger partial charge in [0.2, 0.25) is 5.91 Å². The summed E-state index contributed by atoms with van der Waals surface area (Å²) in [6.45, 7) is 7.43. The number of rotatable bonds is 5. The highest BCUT2D eigenvalue weighted by molar-refractivity contribution is 5.76. The van der Waals surface area contributed by atoms with Crippen LogP contribution in [0, 0.1) is 5.92 Å². The van der Waals surface area contributed by atoms with Crippen LogP contribution in [-0.4, -0.2) is 63.3 Å². The first kappa shape index (κ1) is 13.8. The number of hydrogen-bond acceptors (Lipinski definition) is 4. The highest BCUT2D eigenvalue weighted by Crippen LogP contribution is 2.13. The topological polar surface area (TPSA) is 53.6 Å². The van der Waals surface area contributed by atoms with Crippen LogP contribution < -0.4 is 10.6 Å². The van der Waals surface area contributed by atoms with Crippen LogP contribution >= 0.6 is 0 Å². The number of piperidine rings is 1. The minimum Gasteiger partial charge on any atom is -0.379 e. The Labute approximate surface area is 109 Å². The number of carbonyl (C=O) groups excluding carboxylic acids is 1. The molecule has 104 valence electrons. The summed E-state index contributed by atoms with van der Waals surface area (Å²) in [7, 11) is 0. The Kier molecular flexibility index (Phi) is 5.90. The van der Waals surface area contributed by atoms with Gasteiger partial charge in [-0.2, -0.15) is 0 Å². The number of carbonyl (C=O) groups is 1. The van der Waals surface area contributed by atoms with Gasteiger partial charge in [-0.15, -0.1) is 0 Å². The van der Waals surface area contributed by atoms with Crippen molar-refractivity contribution >= 4 is 5.91 Å². The lowest BCUT2D eigenvalue weighted by atomic mass is 9.96. The summed E-state index contributed by atoms with van der Waals surface area (Å²) in [4.78, 5) is 14.1. The van der Waals surface area contributed by atoms with Crippen LogP contribution in [0.3, 0.4) is 0 Å².